The third-order valence-electron chi connectivity index (χ3n) is 1.12. The van der Waals surface area contributed by atoms with Crippen LogP contribution in [0.25, 0.3) is 6.08 Å². The molecule has 0 aliphatic rings. The smallest absolute Gasteiger partial charge is 0.101 e. The van der Waals surface area contributed by atoms with E-state index in [-0.39, 0.29) is 0 Å². The van der Waals surface area contributed by atoms with E-state index in [1.165, 1.54) is 6.08 Å². The van der Waals surface area contributed by atoms with Gasteiger partial charge in [0.05, 0.1) is 0 Å². The standard InChI is InChI=1S/C9H8F/c1-8(10)7-9-5-3-2-4-6-9/h2-7H,1H2/b8-7-. The van der Waals surface area contributed by atoms with Crippen molar-refractivity contribution in [2.24, 2.45) is 0 Å². The van der Waals surface area contributed by atoms with Gasteiger partial charge < -0.3 is 0 Å². The number of allylic oxidation sites excluding steroid dienone is 1. The minimum atomic E-state index is -0.411. The van der Waals surface area contributed by atoms with Gasteiger partial charge in [0.25, 0.3) is 0 Å². The molecule has 0 unspecified atom stereocenters. The summed E-state index contributed by atoms with van der Waals surface area (Å²) in [6, 6.07) is 9.25. The highest BCUT2D eigenvalue weighted by molar-refractivity contribution is 5.51. The van der Waals surface area contributed by atoms with Crippen LogP contribution in [-0.2, 0) is 0 Å². The Morgan fingerprint density at radius 3 is 2.40 bits per heavy atom. The first-order valence-electron chi connectivity index (χ1n) is 3.03. The summed E-state index contributed by atoms with van der Waals surface area (Å²) in [4.78, 5) is 0. The topological polar surface area (TPSA) is 0 Å². The summed E-state index contributed by atoms with van der Waals surface area (Å²) in [6.45, 7) is 3.13. The second kappa shape index (κ2) is 3.16. The lowest BCUT2D eigenvalue weighted by atomic mass is 10.2. The van der Waals surface area contributed by atoms with E-state index in [0.29, 0.717) is 0 Å². The lowest BCUT2D eigenvalue weighted by Crippen LogP contribution is -1.68. The van der Waals surface area contributed by atoms with Gasteiger partial charge in [0, 0.05) is 6.92 Å². The Morgan fingerprint density at radius 2 is 1.90 bits per heavy atom. The Hall–Kier alpha value is -1.11. The van der Waals surface area contributed by atoms with Gasteiger partial charge in [0.15, 0.2) is 0 Å². The molecule has 1 aromatic carbocycles. The van der Waals surface area contributed by atoms with Gasteiger partial charge >= 0.3 is 0 Å². The summed E-state index contributed by atoms with van der Waals surface area (Å²) in [5.74, 6) is -0.411. The Kier molecular flexibility index (Phi) is 2.21. The van der Waals surface area contributed by atoms with E-state index in [9.17, 15) is 4.39 Å². The summed E-state index contributed by atoms with van der Waals surface area (Å²) in [6.07, 6.45) is 1.39. The Bertz CT molecular complexity index is 220. The molecule has 0 atom stereocenters. The Balaban J connectivity index is 2.87. The molecule has 0 saturated carbocycles. The molecule has 1 radical (unpaired) electrons. The van der Waals surface area contributed by atoms with E-state index < -0.39 is 5.83 Å². The van der Waals surface area contributed by atoms with Crippen LogP contribution >= 0.6 is 0 Å². The molecule has 0 spiro atoms. The molecule has 0 N–H and O–H groups in total. The first kappa shape index (κ1) is 7.00. The molecule has 1 aromatic rings. The fraction of sp³-hybridized carbons (Fsp3) is 0. The van der Waals surface area contributed by atoms with E-state index in [4.69, 9.17) is 0 Å². The van der Waals surface area contributed by atoms with Gasteiger partial charge in [0.2, 0.25) is 0 Å². The van der Waals surface area contributed by atoms with Gasteiger partial charge in [-0.05, 0) is 11.6 Å². The van der Waals surface area contributed by atoms with Gasteiger partial charge in [-0.3, -0.25) is 0 Å². The fourth-order valence-corrected chi connectivity index (χ4v) is 0.730. The van der Waals surface area contributed by atoms with Gasteiger partial charge in [-0.2, -0.15) is 0 Å². The lowest BCUT2D eigenvalue weighted by Gasteiger charge is -1.89. The van der Waals surface area contributed by atoms with Crippen LogP contribution in [0.2, 0.25) is 0 Å². The Morgan fingerprint density at radius 1 is 1.30 bits per heavy atom. The van der Waals surface area contributed by atoms with Gasteiger partial charge in [-0.1, -0.05) is 30.3 Å². The lowest BCUT2D eigenvalue weighted by molar-refractivity contribution is 0.673. The second-order valence-corrected chi connectivity index (χ2v) is 2.00. The van der Waals surface area contributed by atoms with Crippen molar-refractivity contribution < 1.29 is 4.39 Å². The van der Waals surface area contributed by atoms with E-state index >= 15 is 0 Å². The fourth-order valence-electron chi connectivity index (χ4n) is 0.730. The Labute approximate surface area is 60.0 Å². The maximum atomic E-state index is 12.1. The predicted octanol–water partition coefficient (Wildman–Crippen LogP) is 2.83. The number of hydrogen-bond donors (Lipinski definition) is 0. The van der Waals surface area contributed by atoms with Crippen LogP contribution in [0.4, 0.5) is 4.39 Å². The van der Waals surface area contributed by atoms with Crippen LogP contribution in [0, 0.1) is 6.92 Å². The molecule has 0 heterocycles. The van der Waals surface area contributed by atoms with Crippen molar-refractivity contribution in [2.45, 2.75) is 0 Å². The molecule has 0 aromatic heterocycles. The highest BCUT2D eigenvalue weighted by Crippen LogP contribution is 2.05. The minimum Gasteiger partial charge on any atom is -0.212 e. The first-order valence-corrected chi connectivity index (χ1v) is 3.03. The van der Waals surface area contributed by atoms with Crippen molar-refractivity contribution in [3.63, 3.8) is 0 Å². The third-order valence-corrected chi connectivity index (χ3v) is 1.12. The SMILES string of the molecule is [CH2]/C(F)=C/c1ccccc1. The van der Waals surface area contributed by atoms with E-state index in [1.54, 1.807) is 0 Å². The average molecular weight is 135 g/mol. The number of halogens is 1. The maximum Gasteiger partial charge on any atom is 0.101 e. The summed E-state index contributed by atoms with van der Waals surface area (Å²) < 4.78 is 12.1. The number of benzene rings is 1. The molecule has 51 valence electrons. The maximum absolute atomic E-state index is 12.1. The molecule has 0 aliphatic carbocycles. The van der Waals surface area contributed by atoms with Crippen LogP contribution in [0.1, 0.15) is 5.56 Å². The predicted molar refractivity (Wildman–Crippen MR) is 40.9 cm³/mol. The van der Waals surface area contributed by atoms with Crippen molar-refractivity contribution in [3.8, 4) is 0 Å². The summed E-state index contributed by atoms with van der Waals surface area (Å²) >= 11 is 0. The molecule has 0 amide bonds. The van der Waals surface area contributed by atoms with Crippen LogP contribution in [-0.4, -0.2) is 0 Å². The molecule has 0 fully saturated rings. The summed E-state index contributed by atoms with van der Waals surface area (Å²) in [5, 5.41) is 0. The summed E-state index contributed by atoms with van der Waals surface area (Å²) in [7, 11) is 0. The van der Waals surface area contributed by atoms with Crippen molar-refractivity contribution in [1.82, 2.24) is 0 Å². The quantitative estimate of drug-likeness (QED) is 0.555. The van der Waals surface area contributed by atoms with Crippen LogP contribution in [0.3, 0.4) is 0 Å². The van der Waals surface area contributed by atoms with Crippen LogP contribution in [0.15, 0.2) is 36.2 Å². The first-order chi connectivity index (χ1) is 4.79. The zero-order chi connectivity index (χ0) is 7.40. The van der Waals surface area contributed by atoms with Crippen LogP contribution in [0.5, 0.6) is 0 Å². The van der Waals surface area contributed by atoms with Gasteiger partial charge in [-0.25, -0.2) is 4.39 Å². The van der Waals surface area contributed by atoms with Crippen molar-refractivity contribution in [3.05, 3.63) is 48.6 Å². The van der Waals surface area contributed by atoms with Crippen molar-refractivity contribution >= 4 is 6.08 Å². The second-order valence-electron chi connectivity index (χ2n) is 2.00. The molecule has 1 rings (SSSR count). The molecular weight excluding hydrogens is 127 g/mol. The molecule has 10 heavy (non-hydrogen) atoms. The van der Waals surface area contributed by atoms with Gasteiger partial charge in [0.1, 0.15) is 5.83 Å². The van der Waals surface area contributed by atoms with E-state index in [2.05, 4.69) is 6.92 Å². The zero-order valence-corrected chi connectivity index (χ0v) is 5.55. The monoisotopic (exact) mass is 135 g/mol. The molecular formula is C9H8F. The van der Waals surface area contributed by atoms with Crippen molar-refractivity contribution in [2.75, 3.05) is 0 Å². The molecule has 0 saturated heterocycles. The molecule has 0 aliphatic heterocycles. The minimum absolute atomic E-state index is 0.411. The summed E-state index contributed by atoms with van der Waals surface area (Å²) in [5.41, 5.74) is 0.843. The number of hydrogen-bond acceptors (Lipinski definition) is 0. The average Bonchev–Trinajstić information content (AvgIpc) is 1.88. The van der Waals surface area contributed by atoms with Crippen molar-refractivity contribution in [1.29, 1.82) is 0 Å². The van der Waals surface area contributed by atoms with E-state index in [0.717, 1.165) is 5.56 Å². The largest absolute Gasteiger partial charge is 0.212 e. The number of rotatable bonds is 1. The molecule has 0 nitrogen and oxygen atoms in total. The highest BCUT2D eigenvalue weighted by Gasteiger charge is 1.85. The molecule has 1 heteroatoms. The van der Waals surface area contributed by atoms with Crippen LogP contribution < -0.4 is 0 Å². The third kappa shape index (κ3) is 2.02. The van der Waals surface area contributed by atoms with Gasteiger partial charge in [-0.15, -0.1) is 0 Å². The highest BCUT2D eigenvalue weighted by atomic mass is 19.1. The zero-order valence-electron chi connectivity index (χ0n) is 5.55. The molecule has 0 bridgehead atoms. The van der Waals surface area contributed by atoms with E-state index in [1.807, 2.05) is 30.3 Å². The normalized spacial score (nSPS) is 11.6.